The highest BCUT2D eigenvalue weighted by molar-refractivity contribution is 5.24. The largest absolute Gasteiger partial charge is 0.0882 e. The quantitative estimate of drug-likeness (QED) is 0.460. The molecular formula is C11H14. The Bertz CT molecular complexity index is 218. The van der Waals surface area contributed by atoms with Gasteiger partial charge in [-0.25, -0.2) is 0 Å². The Kier molecular flexibility index (Phi) is 1.93. The zero-order chi connectivity index (χ0) is 7.52. The molecule has 0 aromatic heterocycles. The van der Waals surface area contributed by atoms with E-state index in [0.29, 0.717) is 0 Å². The van der Waals surface area contributed by atoms with Crippen molar-refractivity contribution in [1.29, 1.82) is 0 Å². The van der Waals surface area contributed by atoms with E-state index in [1.165, 1.54) is 25.7 Å². The van der Waals surface area contributed by atoms with E-state index in [2.05, 4.69) is 30.4 Å². The first-order chi connectivity index (χ1) is 5.47. The Balaban J connectivity index is 2.18. The Morgan fingerprint density at radius 2 is 2.18 bits per heavy atom. The van der Waals surface area contributed by atoms with Crippen molar-refractivity contribution >= 4 is 0 Å². The van der Waals surface area contributed by atoms with Gasteiger partial charge in [-0.15, -0.1) is 0 Å². The zero-order valence-electron chi connectivity index (χ0n) is 6.79. The highest BCUT2D eigenvalue weighted by atomic mass is 14.2. The molecule has 58 valence electrons. The molecule has 0 spiro atoms. The predicted octanol–water partition coefficient (Wildman–Crippen LogP) is 3.23. The van der Waals surface area contributed by atoms with E-state index in [1.807, 2.05) is 0 Å². The molecular weight excluding hydrogens is 132 g/mol. The molecule has 2 aliphatic rings. The fourth-order valence-electron chi connectivity index (χ4n) is 1.89. The second-order valence-corrected chi connectivity index (χ2v) is 3.36. The van der Waals surface area contributed by atoms with Gasteiger partial charge in [-0.3, -0.25) is 0 Å². The fourth-order valence-corrected chi connectivity index (χ4v) is 1.89. The smallest absolute Gasteiger partial charge is 0.0133 e. The molecule has 0 saturated carbocycles. The van der Waals surface area contributed by atoms with Crippen molar-refractivity contribution in [3.8, 4) is 0 Å². The van der Waals surface area contributed by atoms with Gasteiger partial charge in [-0.05, 0) is 31.6 Å². The van der Waals surface area contributed by atoms with E-state index in [9.17, 15) is 0 Å². The summed E-state index contributed by atoms with van der Waals surface area (Å²) in [6, 6.07) is 0. The van der Waals surface area contributed by atoms with Gasteiger partial charge in [0.1, 0.15) is 0 Å². The summed E-state index contributed by atoms with van der Waals surface area (Å²) in [6.45, 7) is 0. The van der Waals surface area contributed by atoms with Crippen molar-refractivity contribution in [2.75, 3.05) is 0 Å². The molecule has 0 aliphatic heterocycles. The molecule has 0 saturated heterocycles. The van der Waals surface area contributed by atoms with E-state index >= 15 is 0 Å². The molecule has 2 rings (SSSR count). The SMILES string of the molecule is C1=CCC2CCC=CCC2=C1. The van der Waals surface area contributed by atoms with Crippen molar-refractivity contribution in [3.05, 3.63) is 36.0 Å². The number of fused-ring (bicyclic) bond motifs is 1. The maximum Gasteiger partial charge on any atom is -0.0133 e. The molecule has 2 aliphatic carbocycles. The van der Waals surface area contributed by atoms with Crippen LogP contribution in [0.2, 0.25) is 0 Å². The first-order valence-electron chi connectivity index (χ1n) is 4.47. The minimum absolute atomic E-state index is 0.856. The van der Waals surface area contributed by atoms with Gasteiger partial charge < -0.3 is 0 Å². The molecule has 0 amide bonds. The standard InChI is InChI=1S/C11H14/c1-2-6-10-8-4-5-9-11(10)7-3-1/h1-2,4-5,8,11H,3,6-7,9H2. The van der Waals surface area contributed by atoms with Gasteiger partial charge in [-0.1, -0.05) is 36.0 Å². The van der Waals surface area contributed by atoms with Gasteiger partial charge in [0, 0.05) is 0 Å². The summed E-state index contributed by atoms with van der Waals surface area (Å²) in [5.41, 5.74) is 1.64. The van der Waals surface area contributed by atoms with Crippen LogP contribution in [-0.4, -0.2) is 0 Å². The summed E-state index contributed by atoms with van der Waals surface area (Å²) < 4.78 is 0. The first kappa shape index (κ1) is 6.90. The van der Waals surface area contributed by atoms with Gasteiger partial charge in [-0.2, -0.15) is 0 Å². The van der Waals surface area contributed by atoms with Crippen molar-refractivity contribution in [2.24, 2.45) is 5.92 Å². The van der Waals surface area contributed by atoms with Crippen LogP contribution < -0.4 is 0 Å². The monoisotopic (exact) mass is 146 g/mol. The van der Waals surface area contributed by atoms with Gasteiger partial charge >= 0.3 is 0 Å². The lowest BCUT2D eigenvalue weighted by Crippen LogP contribution is -2.03. The third-order valence-corrected chi connectivity index (χ3v) is 2.59. The van der Waals surface area contributed by atoms with Crippen LogP contribution in [0.5, 0.6) is 0 Å². The maximum absolute atomic E-state index is 2.32. The number of hydrogen-bond donors (Lipinski definition) is 0. The van der Waals surface area contributed by atoms with Crippen LogP contribution in [-0.2, 0) is 0 Å². The topological polar surface area (TPSA) is 0 Å². The summed E-state index contributed by atoms with van der Waals surface area (Å²) >= 11 is 0. The summed E-state index contributed by atoms with van der Waals surface area (Å²) in [4.78, 5) is 0. The summed E-state index contributed by atoms with van der Waals surface area (Å²) in [5.74, 6) is 0.856. The number of rotatable bonds is 0. The van der Waals surface area contributed by atoms with Crippen LogP contribution in [0.15, 0.2) is 36.0 Å². The average molecular weight is 146 g/mol. The number of allylic oxidation sites excluding steroid dienone is 6. The van der Waals surface area contributed by atoms with Crippen LogP contribution in [0, 0.1) is 5.92 Å². The van der Waals surface area contributed by atoms with Crippen LogP contribution >= 0.6 is 0 Å². The third-order valence-electron chi connectivity index (χ3n) is 2.59. The Labute approximate surface area is 68.3 Å². The molecule has 0 aromatic rings. The lowest BCUT2D eigenvalue weighted by Gasteiger charge is -2.18. The van der Waals surface area contributed by atoms with E-state index in [-0.39, 0.29) is 0 Å². The highest BCUT2D eigenvalue weighted by Crippen LogP contribution is 2.29. The van der Waals surface area contributed by atoms with Gasteiger partial charge in [0.05, 0.1) is 0 Å². The molecule has 0 N–H and O–H groups in total. The molecule has 0 fully saturated rings. The lowest BCUT2D eigenvalue weighted by atomic mass is 9.88. The normalized spacial score (nSPS) is 29.1. The molecule has 0 aromatic carbocycles. The molecule has 0 radical (unpaired) electrons. The molecule has 0 heterocycles. The summed E-state index contributed by atoms with van der Waals surface area (Å²) in [5, 5.41) is 0. The van der Waals surface area contributed by atoms with E-state index in [0.717, 1.165) is 5.92 Å². The van der Waals surface area contributed by atoms with Gasteiger partial charge in [0.15, 0.2) is 0 Å². The van der Waals surface area contributed by atoms with Crippen molar-refractivity contribution in [3.63, 3.8) is 0 Å². The lowest BCUT2D eigenvalue weighted by molar-refractivity contribution is 0.568. The maximum atomic E-state index is 2.32. The van der Waals surface area contributed by atoms with Gasteiger partial charge in [0.25, 0.3) is 0 Å². The Hall–Kier alpha value is -0.780. The zero-order valence-corrected chi connectivity index (χ0v) is 6.79. The van der Waals surface area contributed by atoms with Crippen LogP contribution in [0.1, 0.15) is 25.7 Å². The Morgan fingerprint density at radius 1 is 1.18 bits per heavy atom. The molecule has 1 atom stereocenters. The van der Waals surface area contributed by atoms with Gasteiger partial charge in [0.2, 0.25) is 0 Å². The van der Waals surface area contributed by atoms with Crippen molar-refractivity contribution in [2.45, 2.75) is 25.7 Å². The first-order valence-corrected chi connectivity index (χ1v) is 4.47. The molecule has 11 heavy (non-hydrogen) atoms. The minimum Gasteiger partial charge on any atom is -0.0882 e. The average Bonchev–Trinajstić information content (AvgIpc) is 2.28. The minimum atomic E-state index is 0.856. The molecule has 0 nitrogen and oxygen atoms in total. The molecule has 0 bridgehead atoms. The van der Waals surface area contributed by atoms with E-state index < -0.39 is 0 Å². The summed E-state index contributed by atoms with van der Waals surface area (Å²) in [7, 11) is 0. The van der Waals surface area contributed by atoms with Crippen LogP contribution in [0.3, 0.4) is 0 Å². The Morgan fingerprint density at radius 3 is 3.18 bits per heavy atom. The molecule has 0 heteroatoms. The van der Waals surface area contributed by atoms with Crippen molar-refractivity contribution in [1.82, 2.24) is 0 Å². The molecule has 1 unspecified atom stereocenters. The third kappa shape index (κ3) is 1.45. The fraction of sp³-hybridized carbons (Fsp3) is 0.455. The second-order valence-electron chi connectivity index (χ2n) is 3.36. The summed E-state index contributed by atoms with van der Waals surface area (Å²) in [6.07, 6.45) is 16.5. The van der Waals surface area contributed by atoms with Crippen molar-refractivity contribution < 1.29 is 0 Å². The van der Waals surface area contributed by atoms with Crippen LogP contribution in [0.4, 0.5) is 0 Å². The van der Waals surface area contributed by atoms with E-state index in [4.69, 9.17) is 0 Å². The second kappa shape index (κ2) is 3.08. The predicted molar refractivity (Wildman–Crippen MR) is 48.3 cm³/mol. The van der Waals surface area contributed by atoms with Crippen LogP contribution in [0.25, 0.3) is 0 Å². The van der Waals surface area contributed by atoms with E-state index in [1.54, 1.807) is 5.57 Å². The highest BCUT2D eigenvalue weighted by Gasteiger charge is 2.14. The number of hydrogen-bond acceptors (Lipinski definition) is 0.